The summed E-state index contributed by atoms with van der Waals surface area (Å²) >= 11 is 6.15. The zero-order chi connectivity index (χ0) is 19.4. The fourth-order valence-corrected chi connectivity index (χ4v) is 3.85. The molecule has 0 aliphatic carbocycles. The SMILES string of the molecule is CCN1CCc2cc(OC)c(OC)cc2C1CNC(=O)c1ccccc1Cl. The van der Waals surface area contributed by atoms with Crippen LogP contribution in [-0.4, -0.2) is 44.7 Å². The molecule has 27 heavy (non-hydrogen) atoms. The highest BCUT2D eigenvalue weighted by molar-refractivity contribution is 6.33. The van der Waals surface area contributed by atoms with Gasteiger partial charge in [-0.3, -0.25) is 9.69 Å². The molecule has 3 rings (SSSR count). The molecule has 2 aromatic carbocycles. The molecule has 0 radical (unpaired) electrons. The zero-order valence-electron chi connectivity index (χ0n) is 15.9. The number of hydrogen-bond acceptors (Lipinski definition) is 4. The summed E-state index contributed by atoms with van der Waals surface area (Å²) in [5, 5.41) is 3.50. The molecule has 0 fully saturated rings. The third-order valence-corrected chi connectivity index (χ3v) is 5.42. The van der Waals surface area contributed by atoms with E-state index in [1.807, 2.05) is 24.3 Å². The van der Waals surface area contributed by atoms with E-state index in [0.29, 0.717) is 22.9 Å². The van der Waals surface area contributed by atoms with Crippen molar-refractivity contribution in [2.75, 3.05) is 33.9 Å². The van der Waals surface area contributed by atoms with Gasteiger partial charge in [-0.15, -0.1) is 0 Å². The topological polar surface area (TPSA) is 50.8 Å². The number of rotatable bonds is 6. The molecular formula is C21H25ClN2O3. The minimum absolute atomic E-state index is 0.0741. The van der Waals surface area contributed by atoms with E-state index in [-0.39, 0.29) is 11.9 Å². The second kappa shape index (κ2) is 8.63. The van der Waals surface area contributed by atoms with E-state index in [4.69, 9.17) is 21.1 Å². The minimum atomic E-state index is -0.163. The van der Waals surface area contributed by atoms with Crippen LogP contribution in [0.2, 0.25) is 5.02 Å². The Labute approximate surface area is 165 Å². The molecule has 1 atom stereocenters. The lowest BCUT2D eigenvalue weighted by molar-refractivity contribution is 0.0930. The van der Waals surface area contributed by atoms with E-state index in [1.54, 1.807) is 26.4 Å². The number of nitrogens with zero attached hydrogens (tertiary/aromatic N) is 1. The standard InChI is InChI=1S/C21H25ClN2O3/c1-4-24-10-9-14-11-19(26-2)20(27-3)12-16(14)18(24)13-23-21(25)15-7-5-6-8-17(15)22/h5-8,11-12,18H,4,9-10,13H2,1-3H3,(H,23,25). The summed E-state index contributed by atoms with van der Waals surface area (Å²) in [4.78, 5) is 14.9. The van der Waals surface area contributed by atoms with Gasteiger partial charge in [-0.1, -0.05) is 30.7 Å². The highest BCUT2D eigenvalue weighted by Crippen LogP contribution is 2.37. The Morgan fingerprint density at radius 2 is 1.93 bits per heavy atom. The van der Waals surface area contributed by atoms with Crippen LogP contribution in [0.15, 0.2) is 36.4 Å². The summed E-state index contributed by atoms with van der Waals surface area (Å²) in [5.41, 5.74) is 2.89. The number of carbonyl (C=O) groups is 1. The highest BCUT2D eigenvalue weighted by Gasteiger charge is 2.28. The van der Waals surface area contributed by atoms with Crippen LogP contribution in [0, 0.1) is 0 Å². The molecule has 1 aliphatic heterocycles. The third kappa shape index (κ3) is 4.04. The fourth-order valence-electron chi connectivity index (χ4n) is 3.63. The maximum absolute atomic E-state index is 12.6. The van der Waals surface area contributed by atoms with Crippen LogP contribution >= 0.6 is 11.6 Å². The minimum Gasteiger partial charge on any atom is -0.493 e. The van der Waals surface area contributed by atoms with Crippen LogP contribution in [-0.2, 0) is 6.42 Å². The van der Waals surface area contributed by atoms with Crippen LogP contribution in [0.5, 0.6) is 11.5 Å². The van der Waals surface area contributed by atoms with Crippen LogP contribution < -0.4 is 14.8 Å². The predicted molar refractivity (Wildman–Crippen MR) is 107 cm³/mol. The molecule has 5 nitrogen and oxygen atoms in total. The number of methoxy groups -OCH3 is 2. The Hall–Kier alpha value is -2.24. The summed E-state index contributed by atoms with van der Waals surface area (Å²) in [6, 6.07) is 11.2. The van der Waals surface area contributed by atoms with Crippen molar-refractivity contribution >= 4 is 17.5 Å². The van der Waals surface area contributed by atoms with Crippen LogP contribution in [0.3, 0.4) is 0 Å². The van der Waals surface area contributed by atoms with Gasteiger partial charge in [0.15, 0.2) is 11.5 Å². The molecule has 1 N–H and O–H groups in total. The van der Waals surface area contributed by atoms with Gasteiger partial charge in [0.05, 0.1) is 30.8 Å². The molecule has 1 heterocycles. The molecule has 0 saturated carbocycles. The van der Waals surface area contributed by atoms with Crippen molar-refractivity contribution < 1.29 is 14.3 Å². The fraction of sp³-hybridized carbons (Fsp3) is 0.381. The van der Waals surface area contributed by atoms with Crippen molar-refractivity contribution in [3.8, 4) is 11.5 Å². The van der Waals surface area contributed by atoms with Crippen molar-refractivity contribution in [2.24, 2.45) is 0 Å². The van der Waals surface area contributed by atoms with Gasteiger partial charge in [0.1, 0.15) is 0 Å². The van der Waals surface area contributed by atoms with Gasteiger partial charge in [0, 0.05) is 13.1 Å². The largest absolute Gasteiger partial charge is 0.493 e. The average Bonchev–Trinajstić information content (AvgIpc) is 2.70. The summed E-state index contributed by atoms with van der Waals surface area (Å²) < 4.78 is 10.9. The Morgan fingerprint density at radius 3 is 2.59 bits per heavy atom. The van der Waals surface area contributed by atoms with Crippen molar-refractivity contribution in [1.29, 1.82) is 0 Å². The molecule has 0 aromatic heterocycles. The number of halogens is 1. The lowest BCUT2D eigenvalue weighted by Gasteiger charge is -2.37. The number of benzene rings is 2. The maximum Gasteiger partial charge on any atom is 0.252 e. The molecule has 1 unspecified atom stereocenters. The summed E-state index contributed by atoms with van der Waals surface area (Å²) in [6.07, 6.45) is 0.943. The predicted octanol–water partition coefficient (Wildman–Crippen LogP) is 3.71. The first-order valence-electron chi connectivity index (χ1n) is 9.10. The summed E-state index contributed by atoms with van der Waals surface area (Å²) in [6.45, 7) is 4.47. The Balaban J connectivity index is 1.85. The van der Waals surface area contributed by atoms with E-state index < -0.39 is 0 Å². The smallest absolute Gasteiger partial charge is 0.252 e. The number of carbonyl (C=O) groups excluding carboxylic acids is 1. The normalized spacial score (nSPS) is 16.5. The molecule has 0 spiro atoms. The number of amides is 1. The van der Waals surface area contributed by atoms with Gasteiger partial charge >= 0.3 is 0 Å². The van der Waals surface area contributed by atoms with E-state index in [0.717, 1.165) is 25.3 Å². The maximum atomic E-state index is 12.6. The Morgan fingerprint density at radius 1 is 1.22 bits per heavy atom. The first-order chi connectivity index (χ1) is 13.1. The highest BCUT2D eigenvalue weighted by atomic mass is 35.5. The molecule has 144 valence electrons. The van der Waals surface area contributed by atoms with Gasteiger partial charge < -0.3 is 14.8 Å². The Bertz CT molecular complexity index is 825. The van der Waals surface area contributed by atoms with Gasteiger partial charge in [-0.2, -0.15) is 0 Å². The molecule has 1 amide bonds. The summed E-state index contributed by atoms with van der Waals surface area (Å²) in [7, 11) is 3.28. The van der Waals surface area contributed by atoms with E-state index in [2.05, 4.69) is 17.1 Å². The van der Waals surface area contributed by atoms with Crippen LogP contribution in [0.25, 0.3) is 0 Å². The molecular weight excluding hydrogens is 364 g/mol. The van der Waals surface area contributed by atoms with Crippen LogP contribution in [0.4, 0.5) is 0 Å². The quantitative estimate of drug-likeness (QED) is 0.819. The second-order valence-corrected chi connectivity index (χ2v) is 6.90. The van der Waals surface area contributed by atoms with Crippen LogP contribution in [0.1, 0.15) is 34.5 Å². The van der Waals surface area contributed by atoms with Crippen molar-refractivity contribution in [3.63, 3.8) is 0 Å². The molecule has 6 heteroatoms. The van der Waals surface area contributed by atoms with E-state index >= 15 is 0 Å². The first kappa shape index (κ1) is 19.5. The van der Waals surface area contributed by atoms with Gasteiger partial charge in [-0.25, -0.2) is 0 Å². The van der Waals surface area contributed by atoms with Gasteiger partial charge in [0.25, 0.3) is 5.91 Å². The first-order valence-corrected chi connectivity index (χ1v) is 9.48. The molecule has 1 aliphatic rings. The molecule has 0 bridgehead atoms. The number of ether oxygens (including phenoxy) is 2. The Kier molecular flexibility index (Phi) is 6.24. The number of hydrogen-bond donors (Lipinski definition) is 1. The molecule has 0 saturated heterocycles. The van der Waals surface area contributed by atoms with Crippen molar-refractivity contribution in [3.05, 3.63) is 58.1 Å². The number of fused-ring (bicyclic) bond motifs is 1. The third-order valence-electron chi connectivity index (χ3n) is 5.09. The zero-order valence-corrected chi connectivity index (χ0v) is 16.7. The summed E-state index contributed by atoms with van der Waals surface area (Å²) in [5.74, 6) is 1.28. The lowest BCUT2D eigenvalue weighted by atomic mass is 9.91. The monoisotopic (exact) mass is 388 g/mol. The number of nitrogens with one attached hydrogen (secondary N) is 1. The second-order valence-electron chi connectivity index (χ2n) is 6.49. The van der Waals surface area contributed by atoms with E-state index in [9.17, 15) is 4.79 Å². The van der Waals surface area contributed by atoms with Crippen molar-refractivity contribution in [2.45, 2.75) is 19.4 Å². The molecule has 2 aromatic rings. The van der Waals surface area contributed by atoms with Gasteiger partial charge in [-0.05, 0) is 48.4 Å². The lowest BCUT2D eigenvalue weighted by Crippen LogP contribution is -2.42. The van der Waals surface area contributed by atoms with Crippen molar-refractivity contribution in [1.82, 2.24) is 10.2 Å². The average molecular weight is 389 g/mol. The number of likely N-dealkylation sites (N-methyl/N-ethyl adjacent to an activating group) is 1. The van der Waals surface area contributed by atoms with Gasteiger partial charge in [0.2, 0.25) is 0 Å². The van der Waals surface area contributed by atoms with E-state index in [1.165, 1.54) is 11.1 Å².